The lowest BCUT2D eigenvalue weighted by molar-refractivity contribution is -0.120. The number of rotatable bonds is 11. The van der Waals surface area contributed by atoms with Crippen LogP contribution in [0.1, 0.15) is 22.9 Å². The van der Waals surface area contributed by atoms with Crippen LogP contribution >= 0.6 is 11.6 Å². The molecule has 2 heterocycles. The number of hydrogen-bond acceptors (Lipinski definition) is 9. The summed E-state index contributed by atoms with van der Waals surface area (Å²) in [6.07, 6.45) is 5.77. The fourth-order valence-corrected chi connectivity index (χ4v) is 4.53. The van der Waals surface area contributed by atoms with E-state index in [9.17, 15) is 14.4 Å². The van der Waals surface area contributed by atoms with Crippen molar-refractivity contribution in [1.29, 1.82) is 0 Å². The SMILES string of the molecule is NC(=O)COC(=O)Nc1ccc(-c2cnnc([C@H](Cc3ccccc3)NC(=O)C=Cc3cc(Cl)ccc3-n3cnnn3)c2)cc1. The van der Waals surface area contributed by atoms with Crippen molar-refractivity contribution in [3.63, 3.8) is 0 Å². The lowest BCUT2D eigenvalue weighted by Crippen LogP contribution is -2.29. The summed E-state index contributed by atoms with van der Waals surface area (Å²) in [6, 6.07) is 23.1. The van der Waals surface area contributed by atoms with Gasteiger partial charge in [0.1, 0.15) is 6.33 Å². The van der Waals surface area contributed by atoms with Gasteiger partial charge in [-0.15, -0.1) is 5.10 Å². The second-order valence-corrected chi connectivity index (χ2v) is 10.1. The van der Waals surface area contributed by atoms with Gasteiger partial charge in [0.15, 0.2) is 6.61 Å². The molecule has 0 spiro atoms. The maximum absolute atomic E-state index is 13.2. The number of carbonyl (C=O) groups excluding carboxylic acids is 3. The number of carbonyl (C=O) groups is 3. The standard InChI is InChI=1S/C31H26ClN9O4/c32-24-9-12-28(41-19-35-39-40-41)22(15-24)8-13-30(43)37-26(14-20-4-2-1-3-5-20)27-16-23(17-34-38-27)21-6-10-25(11-7-21)36-31(44)45-18-29(33)42/h1-13,15-17,19,26H,14,18H2,(H2,33,42)(H,36,44)(H,37,43)/t26-/m0/s1. The maximum atomic E-state index is 13.2. The number of aromatic nitrogens is 6. The van der Waals surface area contributed by atoms with Crippen LogP contribution < -0.4 is 16.4 Å². The van der Waals surface area contributed by atoms with Crippen LogP contribution in [0, 0.1) is 0 Å². The summed E-state index contributed by atoms with van der Waals surface area (Å²) >= 11 is 6.22. The van der Waals surface area contributed by atoms with E-state index >= 15 is 0 Å². The molecule has 226 valence electrons. The largest absolute Gasteiger partial charge is 0.439 e. The second kappa shape index (κ2) is 14.5. The third-order valence-corrected chi connectivity index (χ3v) is 6.67. The molecule has 3 amide bonds. The molecule has 0 saturated carbocycles. The molecule has 0 aliphatic carbocycles. The van der Waals surface area contributed by atoms with Gasteiger partial charge < -0.3 is 15.8 Å². The first kappa shape index (κ1) is 30.5. The Balaban J connectivity index is 1.35. The van der Waals surface area contributed by atoms with E-state index in [1.165, 1.54) is 17.1 Å². The van der Waals surface area contributed by atoms with Gasteiger partial charge in [0.05, 0.1) is 23.6 Å². The van der Waals surface area contributed by atoms with Gasteiger partial charge in [0.2, 0.25) is 5.91 Å². The zero-order valence-electron chi connectivity index (χ0n) is 23.6. The minimum Gasteiger partial charge on any atom is -0.439 e. The number of nitrogens with two attached hydrogens (primary N) is 1. The van der Waals surface area contributed by atoms with Gasteiger partial charge in [-0.05, 0) is 70.4 Å². The first-order chi connectivity index (χ1) is 21.8. The van der Waals surface area contributed by atoms with Crippen LogP contribution in [-0.2, 0) is 20.7 Å². The topological polar surface area (TPSA) is 180 Å². The smallest absolute Gasteiger partial charge is 0.412 e. The van der Waals surface area contributed by atoms with E-state index in [2.05, 4.69) is 36.4 Å². The van der Waals surface area contributed by atoms with Crippen LogP contribution in [-0.4, -0.2) is 54.9 Å². The Morgan fingerprint density at radius 3 is 2.51 bits per heavy atom. The summed E-state index contributed by atoms with van der Waals surface area (Å²) in [5.74, 6) is -1.11. The van der Waals surface area contributed by atoms with Crippen molar-refractivity contribution in [2.45, 2.75) is 12.5 Å². The number of ether oxygens (including phenoxy) is 1. The molecule has 0 aliphatic rings. The van der Waals surface area contributed by atoms with E-state index in [4.69, 9.17) is 22.1 Å². The highest BCUT2D eigenvalue weighted by atomic mass is 35.5. The first-order valence-corrected chi connectivity index (χ1v) is 13.9. The van der Waals surface area contributed by atoms with E-state index in [-0.39, 0.29) is 5.91 Å². The highest BCUT2D eigenvalue weighted by Crippen LogP contribution is 2.25. The second-order valence-electron chi connectivity index (χ2n) is 9.66. The van der Waals surface area contributed by atoms with Crippen LogP contribution in [0.2, 0.25) is 5.02 Å². The van der Waals surface area contributed by atoms with Crippen molar-refractivity contribution in [3.8, 4) is 16.8 Å². The number of amides is 3. The van der Waals surface area contributed by atoms with E-state index in [1.807, 2.05) is 36.4 Å². The molecule has 4 N–H and O–H groups in total. The van der Waals surface area contributed by atoms with E-state index < -0.39 is 24.6 Å². The zero-order chi connectivity index (χ0) is 31.6. The Hall–Kier alpha value is -5.95. The number of halogens is 1. The van der Waals surface area contributed by atoms with Gasteiger partial charge >= 0.3 is 6.09 Å². The lowest BCUT2D eigenvalue weighted by atomic mass is 10.00. The molecule has 5 aromatic rings. The molecule has 1 atom stereocenters. The minimum absolute atomic E-state index is 0.357. The number of benzene rings is 3. The van der Waals surface area contributed by atoms with Gasteiger partial charge in [-0.1, -0.05) is 54.1 Å². The molecule has 5 rings (SSSR count). The molecule has 2 aromatic heterocycles. The summed E-state index contributed by atoms with van der Waals surface area (Å²) in [6.45, 7) is -0.520. The Bertz CT molecular complexity index is 1820. The molecule has 0 bridgehead atoms. The number of hydrogen-bond donors (Lipinski definition) is 3. The van der Waals surface area contributed by atoms with Gasteiger partial charge in [0, 0.05) is 27.9 Å². The van der Waals surface area contributed by atoms with Crippen LogP contribution in [0.25, 0.3) is 22.9 Å². The molecule has 0 radical (unpaired) electrons. The molecule has 0 aliphatic heterocycles. The van der Waals surface area contributed by atoms with Crippen LogP contribution in [0.4, 0.5) is 10.5 Å². The average molecular weight is 624 g/mol. The Morgan fingerprint density at radius 1 is 0.978 bits per heavy atom. The first-order valence-electron chi connectivity index (χ1n) is 13.5. The van der Waals surface area contributed by atoms with Crippen molar-refractivity contribution < 1.29 is 19.1 Å². The zero-order valence-corrected chi connectivity index (χ0v) is 24.3. The third-order valence-electron chi connectivity index (χ3n) is 6.44. The highest BCUT2D eigenvalue weighted by molar-refractivity contribution is 6.30. The summed E-state index contributed by atoms with van der Waals surface area (Å²) in [4.78, 5) is 35.9. The lowest BCUT2D eigenvalue weighted by Gasteiger charge is -2.18. The Kier molecular flexibility index (Phi) is 9.82. The molecule has 0 unspecified atom stereocenters. The number of nitrogens with zero attached hydrogens (tertiary/aromatic N) is 6. The summed E-state index contributed by atoms with van der Waals surface area (Å²) in [7, 11) is 0. The third kappa shape index (κ3) is 8.55. The van der Waals surface area contributed by atoms with E-state index in [0.29, 0.717) is 34.1 Å². The Morgan fingerprint density at radius 2 is 1.78 bits per heavy atom. The summed E-state index contributed by atoms with van der Waals surface area (Å²) < 4.78 is 6.20. The van der Waals surface area contributed by atoms with E-state index in [1.54, 1.807) is 54.7 Å². The molecule has 13 nitrogen and oxygen atoms in total. The monoisotopic (exact) mass is 623 g/mol. The maximum Gasteiger partial charge on any atom is 0.412 e. The normalized spacial score (nSPS) is 11.6. The van der Waals surface area contributed by atoms with E-state index in [0.717, 1.165) is 16.7 Å². The van der Waals surface area contributed by atoms with Crippen LogP contribution in [0.5, 0.6) is 0 Å². The molecular weight excluding hydrogens is 598 g/mol. The van der Waals surface area contributed by atoms with Crippen molar-refractivity contribution in [2.24, 2.45) is 5.73 Å². The number of anilines is 1. The molecule has 0 fully saturated rings. The van der Waals surface area contributed by atoms with Gasteiger partial charge in [-0.2, -0.15) is 14.9 Å². The molecule has 14 heteroatoms. The van der Waals surface area contributed by atoms with Gasteiger partial charge in [0.25, 0.3) is 5.91 Å². The predicted molar refractivity (Wildman–Crippen MR) is 166 cm³/mol. The van der Waals surface area contributed by atoms with Crippen LogP contribution in [0.3, 0.4) is 0 Å². The molecular formula is C31H26ClN9O4. The Labute approximate surface area is 262 Å². The quantitative estimate of drug-likeness (QED) is 0.184. The number of nitrogens with one attached hydrogen (secondary N) is 2. The van der Waals surface area contributed by atoms with Crippen LogP contribution in [0.15, 0.2) is 97.5 Å². The minimum atomic E-state index is -0.801. The average Bonchev–Trinajstić information content (AvgIpc) is 3.58. The van der Waals surface area contributed by atoms with Crippen molar-refractivity contribution in [3.05, 3.63) is 119 Å². The highest BCUT2D eigenvalue weighted by Gasteiger charge is 2.18. The fourth-order valence-electron chi connectivity index (χ4n) is 4.35. The number of primary amides is 1. The predicted octanol–water partition coefficient (Wildman–Crippen LogP) is 3.92. The molecule has 0 saturated heterocycles. The van der Waals surface area contributed by atoms with Crippen molar-refractivity contribution in [1.82, 2.24) is 35.7 Å². The summed E-state index contributed by atoms with van der Waals surface area (Å²) in [5.41, 5.74) is 9.83. The summed E-state index contributed by atoms with van der Waals surface area (Å²) in [5, 5.41) is 25.9. The van der Waals surface area contributed by atoms with Crippen molar-refractivity contribution in [2.75, 3.05) is 11.9 Å². The van der Waals surface area contributed by atoms with Gasteiger partial charge in [-0.25, -0.2) is 4.79 Å². The van der Waals surface area contributed by atoms with Crippen molar-refractivity contribution >= 4 is 41.3 Å². The molecule has 3 aromatic carbocycles. The fraction of sp³-hybridized carbons (Fsp3) is 0.0968. The van der Waals surface area contributed by atoms with Gasteiger partial charge in [-0.3, -0.25) is 14.9 Å². The molecule has 45 heavy (non-hydrogen) atoms. The number of tetrazole rings is 1.